The van der Waals surface area contributed by atoms with E-state index in [1.165, 1.54) is 67.4 Å². The zero-order valence-electron chi connectivity index (χ0n) is 15.4. The van der Waals surface area contributed by atoms with E-state index in [9.17, 15) is 0 Å². The third-order valence-corrected chi connectivity index (χ3v) is 6.72. The molecule has 3 nitrogen and oxygen atoms in total. The minimum Gasteiger partial charge on any atom is -0.487 e. The predicted octanol–water partition coefficient (Wildman–Crippen LogP) is 4.13. The van der Waals surface area contributed by atoms with Gasteiger partial charge in [-0.2, -0.15) is 0 Å². The van der Waals surface area contributed by atoms with Gasteiger partial charge in [0.2, 0.25) is 0 Å². The molecule has 2 aliphatic heterocycles. The molecular weight excluding hydrogens is 320 g/mol. The van der Waals surface area contributed by atoms with E-state index in [1.54, 1.807) is 0 Å². The van der Waals surface area contributed by atoms with Gasteiger partial charge >= 0.3 is 0 Å². The first-order chi connectivity index (χ1) is 12.7. The predicted molar refractivity (Wildman–Crippen MR) is 105 cm³/mol. The lowest BCUT2D eigenvalue weighted by Gasteiger charge is -2.45. The van der Waals surface area contributed by atoms with Crippen LogP contribution < -0.4 is 10.5 Å². The van der Waals surface area contributed by atoms with Gasteiger partial charge in [0.15, 0.2) is 0 Å². The van der Waals surface area contributed by atoms with E-state index >= 15 is 0 Å². The summed E-state index contributed by atoms with van der Waals surface area (Å²) in [6.07, 6.45) is 7.62. The molecule has 0 bridgehead atoms. The van der Waals surface area contributed by atoms with Gasteiger partial charge in [-0.3, -0.25) is 0 Å². The lowest BCUT2D eigenvalue weighted by Crippen LogP contribution is -2.52. The van der Waals surface area contributed by atoms with Gasteiger partial charge in [-0.1, -0.05) is 36.8 Å². The van der Waals surface area contributed by atoms with E-state index in [2.05, 4.69) is 47.4 Å². The summed E-state index contributed by atoms with van der Waals surface area (Å²) >= 11 is 0. The molecule has 0 radical (unpaired) electrons. The van der Waals surface area contributed by atoms with Crippen molar-refractivity contribution in [1.82, 2.24) is 4.90 Å². The highest BCUT2D eigenvalue weighted by Crippen LogP contribution is 2.43. The molecule has 2 heterocycles. The van der Waals surface area contributed by atoms with E-state index in [1.807, 2.05) is 0 Å². The number of piperidine rings is 1. The first-order valence-electron chi connectivity index (χ1n) is 10.1. The van der Waals surface area contributed by atoms with Gasteiger partial charge in [-0.05, 0) is 47.2 Å². The average Bonchev–Trinajstić information content (AvgIpc) is 2.99. The minimum atomic E-state index is 0.0462. The molecule has 26 heavy (non-hydrogen) atoms. The number of rotatable bonds is 3. The fourth-order valence-electron chi connectivity index (χ4n) is 4.77. The lowest BCUT2D eigenvalue weighted by atomic mass is 9.83. The number of ether oxygens (including phenoxy) is 1. The van der Waals surface area contributed by atoms with Crippen molar-refractivity contribution in [3.8, 4) is 16.9 Å². The molecule has 2 aromatic rings. The molecule has 0 aromatic heterocycles. The van der Waals surface area contributed by atoms with Gasteiger partial charge in [0.05, 0.1) is 0 Å². The van der Waals surface area contributed by atoms with Crippen LogP contribution in [0.15, 0.2) is 42.5 Å². The summed E-state index contributed by atoms with van der Waals surface area (Å²) in [7, 11) is 0. The quantitative estimate of drug-likeness (QED) is 0.906. The monoisotopic (exact) mass is 348 g/mol. The third kappa shape index (κ3) is 2.83. The zero-order valence-corrected chi connectivity index (χ0v) is 15.4. The molecule has 1 saturated heterocycles. The normalized spacial score (nSPS) is 22.0. The Morgan fingerprint density at radius 2 is 1.73 bits per heavy atom. The number of nitrogens with zero attached hydrogens (tertiary/aromatic N) is 1. The SMILES string of the molecule is NCc1ccc(-c2ccc3c(c2)CC2(CCN(C4CCC4)CC2)O3)cc1. The van der Waals surface area contributed by atoms with E-state index in [4.69, 9.17) is 10.5 Å². The van der Waals surface area contributed by atoms with E-state index in [0.717, 1.165) is 18.2 Å². The molecule has 0 atom stereocenters. The maximum atomic E-state index is 6.50. The van der Waals surface area contributed by atoms with Gasteiger partial charge in [0.1, 0.15) is 11.4 Å². The Kier molecular flexibility index (Phi) is 4.02. The van der Waals surface area contributed by atoms with Crippen molar-refractivity contribution < 1.29 is 4.74 Å². The van der Waals surface area contributed by atoms with Crippen molar-refractivity contribution in [2.45, 2.75) is 56.7 Å². The van der Waals surface area contributed by atoms with Crippen molar-refractivity contribution >= 4 is 0 Å². The Labute approximate surface area is 156 Å². The second kappa shape index (κ2) is 6.40. The Morgan fingerprint density at radius 1 is 1.00 bits per heavy atom. The van der Waals surface area contributed by atoms with Crippen molar-refractivity contribution in [1.29, 1.82) is 0 Å². The first-order valence-corrected chi connectivity index (χ1v) is 10.1. The molecule has 0 amide bonds. The molecule has 2 fully saturated rings. The summed E-state index contributed by atoms with van der Waals surface area (Å²) in [5.74, 6) is 1.10. The van der Waals surface area contributed by atoms with Crippen LogP contribution in [0.3, 0.4) is 0 Å². The Balaban J connectivity index is 1.32. The highest BCUT2D eigenvalue weighted by atomic mass is 16.5. The molecule has 136 valence electrons. The Morgan fingerprint density at radius 3 is 2.38 bits per heavy atom. The molecule has 2 N–H and O–H groups in total. The maximum absolute atomic E-state index is 6.50. The Hall–Kier alpha value is -1.84. The molecule has 3 heteroatoms. The fourth-order valence-corrected chi connectivity index (χ4v) is 4.77. The smallest absolute Gasteiger partial charge is 0.123 e. The second-order valence-electron chi connectivity index (χ2n) is 8.31. The van der Waals surface area contributed by atoms with Crippen molar-refractivity contribution in [2.24, 2.45) is 5.73 Å². The van der Waals surface area contributed by atoms with Crippen LogP contribution in [0.4, 0.5) is 0 Å². The number of benzene rings is 2. The van der Waals surface area contributed by atoms with Gasteiger partial charge < -0.3 is 15.4 Å². The van der Waals surface area contributed by atoms with Crippen LogP contribution in [0, 0.1) is 0 Å². The molecule has 1 saturated carbocycles. The van der Waals surface area contributed by atoms with Gasteiger partial charge in [-0.25, -0.2) is 0 Å². The number of hydrogen-bond acceptors (Lipinski definition) is 3. The highest BCUT2D eigenvalue weighted by molar-refractivity contribution is 5.66. The van der Waals surface area contributed by atoms with Crippen LogP contribution in [0.25, 0.3) is 11.1 Å². The van der Waals surface area contributed by atoms with Crippen molar-refractivity contribution in [3.05, 3.63) is 53.6 Å². The van der Waals surface area contributed by atoms with Gasteiger partial charge in [0.25, 0.3) is 0 Å². The number of fused-ring (bicyclic) bond motifs is 1. The van der Waals surface area contributed by atoms with Crippen LogP contribution in [0.2, 0.25) is 0 Å². The van der Waals surface area contributed by atoms with Gasteiger partial charge in [0, 0.05) is 44.9 Å². The lowest BCUT2D eigenvalue weighted by molar-refractivity contribution is -0.00746. The van der Waals surface area contributed by atoms with Crippen LogP contribution in [-0.2, 0) is 13.0 Å². The standard InChI is InChI=1S/C23H28N2O/c24-16-17-4-6-18(7-5-17)19-8-9-22-20(14-19)15-23(26-22)10-12-25(13-11-23)21-2-1-3-21/h4-9,14,21H,1-3,10-13,15-16,24H2. The van der Waals surface area contributed by atoms with Crippen molar-refractivity contribution in [3.63, 3.8) is 0 Å². The van der Waals surface area contributed by atoms with E-state index < -0.39 is 0 Å². The van der Waals surface area contributed by atoms with Crippen LogP contribution in [-0.4, -0.2) is 29.6 Å². The molecule has 0 unspecified atom stereocenters. The van der Waals surface area contributed by atoms with Gasteiger partial charge in [-0.15, -0.1) is 0 Å². The van der Waals surface area contributed by atoms with E-state index in [-0.39, 0.29) is 5.60 Å². The molecular formula is C23H28N2O. The Bertz CT molecular complexity index is 786. The van der Waals surface area contributed by atoms with Crippen LogP contribution in [0.5, 0.6) is 5.75 Å². The summed E-state index contributed by atoms with van der Waals surface area (Å²) in [4.78, 5) is 2.70. The summed E-state index contributed by atoms with van der Waals surface area (Å²) in [5, 5.41) is 0. The molecule has 5 rings (SSSR count). The zero-order chi connectivity index (χ0) is 17.6. The third-order valence-electron chi connectivity index (χ3n) is 6.72. The number of nitrogens with two attached hydrogens (primary N) is 1. The highest BCUT2D eigenvalue weighted by Gasteiger charge is 2.43. The molecule has 1 spiro atoms. The van der Waals surface area contributed by atoms with Crippen LogP contribution in [0.1, 0.15) is 43.2 Å². The second-order valence-corrected chi connectivity index (χ2v) is 8.31. The summed E-state index contributed by atoms with van der Waals surface area (Å²) < 4.78 is 6.50. The number of likely N-dealkylation sites (tertiary alicyclic amines) is 1. The fraction of sp³-hybridized carbons (Fsp3) is 0.478. The molecule has 1 aliphatic carbocycles. The summed E-state index contributed by atoms with van der Waals surface area (Å²) in [6.45, 7) is 3.00. The molecule has 3 aliphatic rings. The van der Waals surface area contributed by atoms with Crippen LogP contribution >= 0.6 is 0 Å². The number of hydrogen-bond donors (Lipinski definition) is 1. The largest absolute Gasteiger partial charge is 0.487 e. The minimum absolute atomic E-state index is 0.0462. The van der Waals surface area contributed by atoms with Crippen molar-refractivity contribution in [2.75, 3.05) is 13.1 Å². The topological polar surface area (TPSA) is 38.5 Å². The average molecular weight is 348 g/mol. The molecule has 2 aromatic carbocycles. The first kappa shape index (κ1) is 16.3. The van der Waals surface area contributed by atoms with E-state index in [0.29, 0.717) is 6.54 Å². The summed E-state index contributed by atoms with van der Waals surface area (Å²) in [6, 6.07) is 16.2. The summed E-state index contributed by atoms with van der Waals surface area (Å²) in [5.41, 5.74) is 10.8. The maximum Gasteiger partial charge on any atom is 0.123 e.